The van der Waals surface area contributed by atoms with Crippen molar-refractivity contribution in [3.05, 3.63) is 24.2 Å². The van der Waals surface area contributed by atoms with Crippen LogP contribution < -0.4 is 0 Å². The maximum Gasteiger partial charge on any atom is 0.217 e. The van der Waals surface area contributed by atoms with Crippen molar-refractivity contribution in [3.8, 4) is 0 Å². The van der Waals surface area contributed by atoms with Gasteiger partial charge >= 0.3 is 0 Å². The first kappa shape index (κ1) is 8.78. The van der Waals surface area contributed by atoms with E-state index in [1.165, 1.54) is 0 Å². The van der Waals surface area contributed by atoms with Crippen LogP contribution in [0.2, 0.25) is 0 Å². The lowest BCUT2D eigenvalue weighted by atomic mass is 10.1. The minimum Gasteiger partial charge on any atom is -0.464 e. The van der Waals surface area contributed by atoms with E-state index in [4.69, 9.17) is 13.9 Å². The highest BCUT2D eigenvalue weighted by Crippen LogP contribution is 2.29. The van der Waals surface area contributed by atoms with E-state index < -0.39 is 0 Å². The molecular weight excluding hydrogens is 168 g/mol. The molecule has 1 aliphatic heterocycles. The van der Waals surface area contributed by atoms with Crippen LogP contribution in [-0.4, -0.2) is 12.7 Å². The molecule has 1 fully saturated rings. The predicted octanol–water partition coefficient (Wildman–Crippen LogP) is 2.35. The van der Waals surface area contributed by atoms with Gasteiger partial charge in [-0.3, -0.25) is 0 Å². The highest BCUT2D eigenvalue weighted by Gasteiger charge is 2.30. The molecule has 0 saturated carbocycles. The molecule has 0 spiro atoms. The first-order valence-electron chi connectivity index (χ1n) is 4.58. The first-order valence-corrected chi connectivity index (χ1v) is 4.58. The Kier molecular flexibility index (Phi) is 2.38. The van der Waals surface area contributed by atoms with E-state index in [9.17, 15) is 0 Å². The minimum absolute atomic E-state index is 0.190. The molecule has 2 rings (SSSR count). The predicted molar refractivity (Wildman–Crippen MR) is 47.1 cm³/mol. The average Bonchev–Trinajstić information content (AvgIpc) is 2.75. The Bertz CT molecular complexity index is 253. The highest BCUT2D eigenvalue weighted by molar-refractivity contribution is 5.00. The third kappa shape index (κ3) is 1.76. The molecule has 1 aromatic rings. The molecule has 2 atom stereocenters. The van der Waals surface area contributed by atoms with Crippen LogP contribution in [-0.2, 0) is 9.47 Å². The van der Waals surface area contributed by atoms with E-state index >= 15 is 0 Å². The van der Waals surface area contributed by atoms with Crippen molar-refractivity contribution >= 4 is 0 Å². The largest absolute Gasteiger partial charge is 0.464 e. The molecule has 72 valence electrons. The van der Waals surface area contributed by atoms with Crippen LogP contribution in [0.25, 0.3) is 0 Å². The molecule has 2 unspecified atom stereocenters. The van der Waals surface area contributed by atoms with Crippen LogP contribution >= 0.6 is 0 Å². The van der Waals surface area contributed by atoms with E-state index in [2.05, 4.69) is 13.8 Å². The minimum atomic E-state index is -0.303. The summed E-state index contributed by atoms with van der Waals surface area (Å²) in [5, 5.41) is 0. The van der Waals surface area contributed by atoms with Crippen molar-refractivity contribution < 1.29 is 13.9 Å². The third-order valence-corrected chi connectivity index (χ3v) is 2.23. The van der Waals surface area contributed by atoms with Gasteiger partial charge in [-0.1, -0.05) is 13.8 Å². The van der Waals surface area contributed by atoms with Gasteiger partial charge in [0.15, 0.2) is 5.76 Å². The number of hydrogen-bond donors (Lipinski definition) is 0. The standard InChI is InChI=1S/C10H14O3/c1-7(2)9-6-12-10(13-9)8-4-3-5-11-8/h3-5,7,9-10H,6H2,1-2H3. The Morgan fingerprint density at radius 2 is 2.31 bits per heavy atom. The fraction of sp³-hybridized carbons (Fsp3) is 0.600. The van der Waals surface area contributed by atoms with Crippen molar-refractivity contribution in [2.75, 3.05) is 6.61 Å². The van der Waals surface area contributed by atoms with E-state index in [1.807, 2.05) is 12.1 Å². The molecule has 2 heterocycles. The second kappa shape index (κ2) is 3.52. The van der Waals surface area contributed by atoms with E-state index in [1.54, 1.807) is 6.26 Å². The molecule has 1 saturated heterocycles. The zero-order valence-corrected chi connectivity index (χ0v) is 7.90. The summed E-state index contributed by atoms with van der Waals surface area (Å²) in [6.45, 7) is 4.90. The van der Waals surface area contributed by atoms with Crippen LogP contribution in [0, 0.1) is 5.92 Å². The van der Waals surface area contributed by atoms with Crippen molar-refractivity contribution in [2.24, 2.45) is 5.92 Å². The summed E-state index contributed by atoms with van der Waals surface area (Å²) < 4.78 is 16.3. The molecule has 0 radical (unpaired) electrons. The molecule has 1 aliphatic rings. The van der Waals surface area contributed by atoms with Crippen molar-refractivity contribution in [1.82, 2.24) is 0 Å². The Balaban J connectivity index is 1.99. The van der Waals surface area contributed by atoms with Gasteiger partial charge < -0.3 is 13.9 Å². The number of ether oxygens (including phenoxy) is 2. The summed E-state index contributed by atoms with van der Waals surface area (Å²) in [6.07, 6.45) is 1.52. The molecule has 0 aromatic carbocycles. The number of furan rings is 1. The van der Waals surface area contributed by atoms with Crippen LogP contribution in [0.15, 0.2) is 22.8 Å². The van der Waals surface area contributed by atoms with Gasteiger partial charge in [0, 0.05) is 0 Å². The van der Waals surface area contributed by atoms with Gasteiger partial charge in [-0.2, -0.15) is 0 Å². The lowest BCUT2D eigenvalue weighted by molar-refractivity contribution is -0.0800. The smallest absolute Gasteiger partial charge is 0.217 e. The van der Waals surface area contributed by atoms with Crippen molar-refractivity contribution in [3.63, 3.8) is 0 Å². The topological polar surface area (TPSA) is 31.6 Å². The Morgan fingerprint density at radius 3 is 2.85 bits per heavy atom. The van der Waals surface area contributed by atoms with Crippen LogP contribution in [0.1, 0.15) is 25.9 Å². The summed E-state index contributed by atoms with van der Waals surface area (Å²) in [5.74, 6) is 1.24. The molecule has 0 amide bonds. The van der Waals surface area contributed by atoms with Gasteiger partial charge in [-0.15, -0.1) is 0 Å². The van der Waals surface area contributed by atoms with Crippen molar-refractivity contribution in [2.45, 2.75) is 26.2 Å². The summed E-state index contributed by atoms with van der Waals surface area (Å²) in [7, 11) is 0. The van der Waals surface area contributed by atoms with Crippen LogP contribution in [0.3, 0.4) is 0 Å². The Hall–Kier alpha value is -0.800. The van der Waals surface area contributed by atoms with Gasteiger partial charge in [0.2, 0.25) is 6.29 Å². The molecule has 1 aromatic heterocycles. The number of hydrogen-bond acceptors (Lipinski definition) is 3. The molecule has 0 N–H and O–H groups in total. The molecule has 13 heavy (non-hydrogen) atoms. The monoisotopic (exact) mass is 182 g/mol. The Morgan fingerprint density at radius 1 is 1.46 bits per heavy atom. The second-order valence-corrected chi connectivity index (χ2v) is 3.60. The van der Waals surface area contributed by atoms with Crippen molar-refractivity contribution in [1.29, 1.82) is 0 Å². The van der Waals surface area contributed by atoms with Crippen LogP contribution in [0.4, 0.5) is 0 Å². The average molecular weight is 182 g/mol. The first-order chi connectivity index (χ1) is 6.27. The van der Waals surface area contributed by atoms with E-state index in [0.717, 1.165) is 5.76 Å². The highest BCUT2D eigenvalue weighted by atomic mass is 16.7. The fourth-order valence-electron chi connectivity index (χ4n) is 1.34. The maximum absolute atomic E-state index is 5.65. The van der Waals surface area contributed by atoms with E-state index in [-0.39, 0.29) is 12.4 Å². The van der Waals surface area contributed by atoms with Gasteiger partial charge in [0.05, 0.1) is 19.0 Å². The molecule has 3 nitrogen and oxygen atoms in total. The van der Waals surface area contributed by atoms with Gasteiger partial charge in [-0.25, -0.2) is 0 Å². The molecule has 3 heteroatoms. The normalized spacial score (nSPS) is 28.5. The molecule has 0 aliphatic carbocycles. The molecular formula is C10H14O3. The number of rotatable bonds is 2. The Labute approximate surface area is 77.6 Å². The fourth-order valence-corrected chi connectivity index (χ4v) is 1.34. The summed E-state index contributed by atoms with van der Waals surface area (Å²) in [5.41, 5.74) is 0. The third-order valence-electron chi connectivity index (χ3n) is 2.23. The van der Waals surface area contributed by atoms with Gasteiger partial charge in [-0.05, 0) is 18.1 Å². The zero-order valence-electron chi connectivity index (χ0n) is 7.90. The molecule has 0 bridgehead atoms. The summed E-state index contributed by atoms with van der Waals surface area (Å²) in [6, 6.07) is 3.71. The summed E-state index contributed by atoms with van der Waals surface area (Å²) in [4.78, 5) is 0. The zero-order chi connectivity index (χ0) is 9.26. The maximum atomic E-state index is 5.65. The second-order valence-electron chi connectivity index (χ2n) is 3.60. The van der Waals surface area contributed by atoms with Crippen LogP contribution in [0.5, 0.6) is 0 Å². The lowest BCUT2D eigenvalue weighted by Crippen LogP contribution is -2.16. The summed E-state index contributed by atoms with van der Waals surface area (Å²) >= 11 is 0. The van der Waals surface area contributed by atoms with E-state index in [0.29, 0.717) is 12.5 Å². The quantitative estimate of drug-likeness (QED) is 0.703. The van der Waals surface area contributed by atoms with Gasteiger partial charge in [0.1, 0.15) is 0 Å². The van der Waals surface area contributed by atoms with Gasteiger partial charge in [0.25, 0.3) is 0 Å². The lowest BCUT2D eigenvalue weighted by Gasteiger charge is -2.12. The SMILES string of the molecule is CC(C)C1COC(c2ccco2)O1.